The van der Waals surface area contributed by atoms with Gasteiger partial charge in [0, 0.05) is 10.9 Å². The van der Waals surface area contributed by atoms with Crippen molar-refractivity contribution in [2.24, 2.45) is 5.92 Å². The molecule has 6 heteroatoms. The highest BCUT2D eigenvalue weighted by Crippen LogP contribution is 2.49. The summed E-state index contributed by atoms with van der Waals surface area (Å²) in [5.74, 6) is -1.66. The molecule has 0 amide bonds. The van der Waals surface area contributed by atoms with E-state index in [1.54, 1.807) is 12.2 Å². The molecule has 0 aliphatic heterocycles. The van der Waals surface area contributed by atoms with E-state index in [-0.39, 0.29) is 27.8 Å². The van der Waals surface area contributed by atoms with E-state index < -0.39 is 17.7 Å². The second-order valence-electron chi connectivity index (χ2n) is 6.24. The lowest BCUT2D eigenvalue weighted by atomic mass is 9.74. The first-order valence-electron chi connectivity index (χ1n) is 7.88. The maximum absolute atomic E-state index is 13.9. The summed E-state index contributed by atoms with van der Waals surface area (Å²) in [4.78, 5) is 0. The molecule has 3 atom stereocenters. The molecule has 0 spiro atoms. The van der Waals surface area contributed by atoms with E-state index >= 15 is 0 Å². The Bertz CT molecular complexity index is 707. The average molecular weight is 373 g/mol. The van der Waals surface area contributed by atoms with Crippen LogP contribution in [-0.4, -0.2) is 22.0 Å². The molecule has 25 heavy (non-hydrogen) atoms. The Morgan fingerprint density at radius 1 is 1.40 bits per heavy atom. The molecular weight excluding hydrogens is 353 g/mol. The number of phenolic OH excluding ortho intramolecular Hbond substituents is 1. The van der Waals surface area contributed by atoms with Gasteiger partial charge in [0.2, 0.25) is 0 Å². The highest BCUT2D eigenvalue weighted by molar-refractivity contribution is 6.31. The third-order valence-electron chi connectivity index (χ3n) is 4.57. The minimum Gasteiger partial charge on any atom is -0.508 e. The van der Waals surface area contributed by atoms with Crippen LogP contribution in [-0.2, 0) is 0 Å². The van der Waals surface area contributed by atoms with E-state index in [9.17, 15) is 23.4 Å². The van der Waals surface area contributed by atoms with Crippen LogP contribution in [0.5, 0.6) is 5.75 Å². The van der Waals surface area contributed by atoms with Crippen molar-refractivity contribution in [1.82, 2.24) is 0 Å². The molecule has 1 aromatic carbocycles. The molecule has 1 aliphatic rings. The first-order chi connectivity index (χ1) is 11.6. The maximum Gasteiger partial charge on any atom is 0.422 e. The Kier molecular flexibility index (Phi) is 5.69. The second kappa shape index (κ2) is 7.26. The van der Waals surface area contributed by atoms with Gasteiger partial charge in [-0.2, -0.15) is 13.2 Å². The molecule has 1 aromatic rings. The maximum atomic E-state index is 13.9. The zero-order chi connectivity index (χ0) is 18.8. The molecule has 0 fully saturated rings. The Morgan fingerprint density at radius 2 is 2.08 bits per heavy atom. The molecule has 0 radical (unpaired) electrons. The Morgan fingerprint density at radius 3 is 2.64 bits per heavy atom. The van der Waals surface area contributed by atoms with Gasteiger partial charge in [-0.3, -0.25) is 0 Å². The number of alkyl halides is 3. The van der Waals surface area contributed by atoms with E-state index in [1.807, 2.05) is 0 Å². The van der Waals surface area contributed by atoms with E-state index in [0.29, 0.717) is 12.8 Å². The predicted molar refractivity (Wildman–Crippen MR) is 92.7 cm³/mol. The van der Waals surface area contributed by atoms with E-state index in [2.05, 4.69) is 6.58 Å². The monoisotopic (exact) mass is 372 g/mol. The van der Waals surface area contributed by atoms with Gasteiger partial charge in [-0.05, 0) is 42.0 Å². The van der Waals surface area contributed by atoms with E-state index in [0.717, 1.165) is 6.07 Å². The van der Waals surface area contributed by atoms with Crippen molar-refractivity contribution in [1.29, 1.82) is 0 Å². The molecule has 136 valence electrons. The molecule has 0 bridgehead atoms. The van der Waals surface area contributed by atoms with Gasteiger partial charge < -0.3 is 10.2 Å². The van der Waals surface area contributed by atoms with Gasteiger partial charge in [-0.1, -0.05) is 48.9 Å². The summed E-state index contributed by atoms with van der Waals surface area (Å²) in [5, 5.41) is 20.2. The lowest BCUT2D eigenvalue weighted by Gasteiger charge is -2.39. The first-order valence-corrected chi connectivity index (χ1v) is 8.26. The molecular formula is C19H20ClF3O2. The highest BCUT2D eigenvalue weighted by Gasteiger charge is 2.59. The number of hydrogen-bond donors (Lipinski definition) is 2. The van der Waals surface area contributed by atoms with Gasteiger partial charge >= 0.3 is 6.18 Å². The minimum absolute atomic E-state index is 0.0294. The number of rotatable bonds is 5. The van der Waals surface area contributed by atoms with Gasteiger partial charge in [0.15, 0.2) is 5.60 Å². The summed E-state index contributed by atoms with van der Waals surface area (Å²) in [7, 11) is 0. The number of benzene rings is 1. The van der Waals surface area contributed by atoms with E-state index in [1.165, 1.54) is 31.2 Å². The summed E-state index contributed by atoms with van der Waals surface area (Å²) in [6.07, 6.45) is 2.27. The van der Waals surface area contributed by atoms with Crippen molar-refractivity contribution in [3.05, 3.63) is 65.2 Å². The molecule has 1 aliphatic carbocycles. The zero-order valence-corrected chi connectivity index (χ0v) is 14.5. The van der Waals surface area contributed by atoms with Crippen molar-refractivity contribution in [3.63, 3.8) is 0 Å². The van der Waals surface area contributed by atoms with Crippen LogP contribution >= 0.6 is 11.6 Å². The van der Waals surface area contributed by atoms with Gasteiger partial charge in [-0.25, -0.2) is 0 Å². The van der Waals surface area contributed by atoms with Crippen LogP contribution in [0.3, 0.4) is 0 Å². The quantitative estimate of drug-likeness (QED) is 0.668. The Hall–Kier alpha value is -1.72. The smallest absolute Gasteiger partial charge is 0.422 e. The topological polar surface area (TPSA) is 40.5 Å². The van der Waals surface area contributed by atoms with Crippen LogP contribution in [0.4, 0.5) is 13.2 Å². The molecule has 0 aromatic heterocycles. The number of phenols is 1. The molecule has 2 rings (SSSR count). The Labute approximate surface area is 149 Å². The van der Waals surface area contributed by atoms with Crippen LogP contribution < -0.4 is 0 Å². The zero-order valence-electron chi connectivity index (χ0n) is 13.7. The van der Waals surface area contributed by atoms with Crippen LogP contribution in [0, 0.1) is 5.92 Å². The van der Waals surface area contributed by atoms with Gasteiger partial charge in [0.05, 0.1) is 0 Å². The fourth-order valence-electron chi connectivity index (χ4n) is 3.13. The fourth-order valence-corrected chi connectivity index (χ4v) is 3.47. The molecule has 0 saturated carbocycles. The first kappa shape index (κ1) is 19.6. The molecule has 0 saturated heterocycles. The lowest BCUT2D eigenvalue weighted by molar-refractivity contribution is -0.250. The average Bonchev–Trinajstić information content (AvgIpc) is 2.53. The third-order valence-corrected chi connectivity index (χ3v) is 4.90. The van der Waals surface area contributed by atoms with Gasteiger partial charge in [-0.15, -0.1) is 6.58 Å². The number of allylic oxidation sites excluding steroid dienone is 3. The van der Waals surface area contributed by atoms with Gasteiger partial charge in [0.25, 0.3) is 0 Å². The normalized spacial score (nSPS) is 21.4. The minimum atomic E-state index is -4.90. The fraction of sp³-hybridized carbons (Fsp3) is 0.368. The van der Waals surface area contributed by atoms with E-state index in [4.69, 9.17) is 11.6 Å². The molecule has 2 N–H and O–H groups in total. The second-order valence-corrected chi connectivity index (χ2v) is 6.64. The highest BCUT2D eigenvalue weighted by atomic mass is 35.5. The Balaban J connectivity index is 2.54. The van der Waals surface area contributed by atoms with Gasteiger partial charge in [0.1, 0.15) is 5.75 Å². The largest absolute Gasteiger partial charge is 0.508 e. The summed E-state index contributed by atoms with van der Waals surface area (Å²) in [6, 6.07) is 3.71. The molecule has 2 nitrogen and oxygen atoms in total. The summed E-state index contributed by atoms with van der Waals surface area (Å²) in [6.45, 7) is 4.89. The number of hydrogen-bond acceptors (Lipinski definition) is 2. The van der Waals surface area contributed by atoms with Crippen LogP contribution in [0.15, 0.2) is 54.7 Å². The van der Waals surface area contributed by atoms with Crippen molar-refractivity contribution in [2.45, 2.75) is 37.5 Å². The summed E-state index contributed by atoms with van der Waals surface area (Å²) < 4.78 is 41.7. The summed E-state index contributed by atoms with van der Waals surface area (Å²) in [5.41, 5.74) is -3.18. The predicted octanol–water partition coefficient (Wildman–Crippen LogP) is 5.52. The molecule has 3 unspecified atom stereocenters. The van der Waals surface area contributed by atoms with Crippen molar-refractivity contribution < 1.29 is 23.4 Å². The molecule has 0 heterocycles. The lowest BCUT2D eigenvalue weighted by Crippen LogP contribution is -2.51. The van der Waals surface area contributed by atoms with Crippen LogP contribution in [0.2, 0.25) is 5.02 Å². The van der Waals surface area contributed by atoms with Crippen molar-refractivity contribution in [3.8, 4) is 5.75 Å². The van der Waals surface area contributed by atoms with Crippen molar-refractivity contribution in [2.75, 3.05) is 0 Å². The number of aromatic hydroxyl groups is 1. The van der Waals surface area contributed by atoms with Crippen molar-refractivity contribution >= 4 is 11.6 Å². The number of halogens is 4. The summed E-state index contributed by atoms with van der Waals surface area (Å²) >= 11 is 6.01. The standard InChI is InChI=1S/C19H20ClF3O2/c1-3-5-13-6-4-7-14(10-13)18(25,19(21,22)23)12(2)16-9-8-15(24)11-17(16)20/h3-4,7-13,24-25H,1,5-6H2,2H3. The SMILES string of the molecule is C=CCC1C=C(C(O)(C(C)c2ccc(O)cc2Cl)C(F)(F)F)C=CC1. The third kappa shape index (κ3) is 3.77. The number of aliphatic hydroxyl groups is 1. The van der Waals surface area contributed by atoms with Crippen LogP contribution in [0.1, 0.15) is 31.2 Å². The van der Waals surface area contributed by atoms with Crippen LogP contribution in [0.25, 0.3) is 0 Å².